The maximum absolute atomic E-state index is 13.4. The summed E-state index contributed by atoms with van der Waals surface area (Å²) in [5, 5.41) is 5.36. The number of hydrogen-bond donors (Lipinski definition) is 1. The van der Waals surface area contributed by atoms with Gasteiger partial charge in [-0.15, -0.1) is 11.3 Å². The molecule has 1 saturated heterocycles. The maximum atomic E-state index is 13.4. The molecule has 1 unspecified atom stereocenters. The maximum Gasteiger partial charge on any atom is 0.294 e. The van der Waals surface area contributed by atoms with Gasteiger partial charge in [-0.25, -0.2) is 0 Å². The Morgan fingerprint density at radius 3 is 2.55 bits per heavy atom. The van der Waals surface area contributed by atoms with Crippen molar-refractivity contribution < 1.29 is 13.9 Å². The number of para-hydroxylation sites is 2. The number of likely N-dealkylation sites (tertiary alicyclic amines) is 1. The number of ether oxygens (including phenoxy) is 1. The van der Waals surface area contributed by atoms with Crippen molar-refractivity contribution in [3.05, 3.63) is 107 Å². The van der Waals surface area contributed by atoms with E-state index >= 15 is 0 Å². The molecule has 0 aliphatic carbocycles. The Labute approximate surface area is 228 Å². The number of nitrogens with zero attached hydrogens (tertiary/aromatic N) is 2. The number of rotatable bonds is 11. The highest BCUT2D eigenvalue weighted by Gasteiger charge is 2.31. The smallest absolute Gasteiger partial charge is 0.294 e. The van der Waals surface area contributed by atoms with Crippen LogP contribution in [0.5, 0.6) is 5.75 Å². The minimum absolute atomic E-state index is 0.0291. The Balaban J connectivity index is 1.26. The molecule has 1 aliphatic rings. The summed E-state index contributed by atoms with van der Waals surface area (Å²) in [6, 6.07) is 26.2. The second kappa shape index (κ2) is 12.9. The molecule has 0 bridgehead atoms. The molecule has 5 rings (SSSR count). The van der Waals surface area contributed by atoms with Crippen molar-refractivity contribution in [2.24, 2.45) is 0 Å². The predicted molar refractivity (Wildman–Crippen MR) is 153 cm³/mol. The van der Waals surface area contributed by atoms with Crippen molar-refractivity contribution in [1.29, 1.82) is 0 Å². The summed E-state index contributed by atoms with van der Waals surface area (Å²) in [5.74, 6) is 1.24. The van der Waals surface area contributed by atoms with E-state index in [1.165, 1.54) is 10.4 Å². The van der Waals surface area contributed by atoms with Gasteiger partial charge in [-0.3, -0.25) is 9.69 Å². The number of carbonyl (C=O) groups is 1. The van der Waals surface area contributed by atoms with E-state index in [0.717, 1.165) is 56.9 Å². The molecule has 4 aromatic rings. The van der Waals surface area contributed by atoms with Crippen LogP contribution in [0.15, 0.2) is 94.9 Å². The fourth-order valence-corrected chi connectivity index (χ4v) is 5.88. The quantitative estimate of drug-likeness (QED) is 0.244. The number of piperidine rings is 1. The van der Waals surface area contributed by atoms with Crippen LogP contribution in [0.3, 0.4) is 0 Å². The second-order valence-corrected chi connectivity index (χ2v) is 10.6. The van der Waals surface area contributed by atoms with Gasteiger partial charge >= 0.3 is 0 Å². The summed E-state index contributed by atoms with van der Waals surface area (Å²) in [7, 11) is 1.98. The molecular weight excluding hydrogens is 494 g/mol. The van der Waals surface area contributed by atoms with Crippen LogP contribution in [-0.4, -0.2) is 43.5 Å². The molecule has 3 heterocycles. The number of benzene rings is 2. The summed E-state index contributed by atoms with van der Waals surface area (Å²) in [6.07, 6.45) is 4.28. The molecule has 2 aromatic heterocycles. The summed E-state index contributed by atoms with van der Waals surface area (Å²) in [5.41, 5.74) is 2.11. The van der Waals surface area contributed by atoms with E-state index in [9.17, 15) is 4.79 Å². The first-order chi connectivity index (χ1) is 18.7. The van der Waals surface area contributed by atoms with Gasteiger partial charge in [0.15, 0.2) is 5.76 Å². The van der Waals surface area contributed by atoms with Crippen LogP contribution in [0, 0.1) is 0 Å². The van der Waals surface area contributed by atoms with Crippen LogP contribution in [0.1, 0.15) is 46.4 Å². The number of nitrogens with one attached hydrogen (secondary N) is 1. The van der Waals surface area contributed by atoms with Gasteiger partial charge in [0.05, 0.1) is 6.26 Å². The Bertz CT molecular complexity index is 1250. The van der Waals surface area contributed by atoms with Crippen LogP contribution in [-0.2, 0) is 6.54 Å². The normalized spacial score (nSPS) is 15.3. The molecule has 7 heteroatoms. The summed E-state index contributed by atoms with van der Waals surface area (Å²) < 4.78 is 12.1. The summed E-state index contributed by atoms with van der Waals surface area (Å²) in [6.45, 7) is 3.53. The largest absolute Gasteiger partial charge is 0.485 e. The van der Waals surface area contributed by atoms with Crippen molar-refractivity contribution in [1.82, 2.24) is 10.2 Å². The third kappa shape index (κ3) is 6.35. The van der Waals surface area contributed by atoms with E-state index in [0.29, 0.717) is 5.76 Å². The lowest BCUT2D eigenvalue weighted by atomic mass is 10.0. The highest BCUT2D eigenvalue weighted by molar-refractivity contribution is 7.10. The first-order valence-electron chi connectivity index (χ1n) is 13.3. The topological polar surface area (TPSA) is 58.0 Å². The second-order valence-electron chi connectivity index (χ2n) is 9.62. The summed E-state index contributed by atoms with van der Waals surface area (Å²) >= 11 is 1.74. The molecule has 0 spiro atoms. The van der Waals surface area contributed by atoms with Crippen molar-refractivity contribution in [3.8, 4) is 5.75 Å². The third-order valence-corrected chi connectivity index (χ3v) is 8.02. The lowest BCUT2D eigenvalue weighted by Gasteiger charge is -2.38. The zero-order valence-electron chi connectivity index (χ0n) is 21.8. The molecule has 0 radical (unpaired) electrons. The van der Waals surface area contributed by atoms with Crippen LogP contribution in [0.4, 0.5) is 5.69 Å². The van der Waals surface area contributed by atoms with Gasteiger partial charge in [-0.05, 0) is 68.2 Å². The standard InChI is InChI=1S/C31H35N3O3S/c1-32-18-15-28(30-14-8-22-38-30)37-27-12-6-5-9-24(27)23-33-19-16-26(17-20-33)34(25-10-3-2-4-11-25)31(35)29-13-7-21-36-29/h2-14,21-22,26,28,32H,15-20,23H2,1H3. The van der Waals surface area contributed by atoms with E-state index in [1.54, 1.807) is 29.7 Å². The van der Waals surface area contributed by atoms with Crippen LogP contribution in [0.25, 0.3) is 0 Å². The third-order valence-electron chi connectivity index (χ3n) is 7.06. The Morgan fingerprint density at radius 1 is 1.05 bits per heavy atom. The van der Waals surface area contributed by atoms with Crippen molar-refractivity contribution in [2.45, 2.75) is 38.0 Å². The van der Waals surface area contributed by atoms with Gasteiger partial charge in [0.1, 0.15) is 11.9 Å². The predicted octanol–water partition coefficient (Wildman–Crippen LogP) is 6.38. The molecule has 1 N–H and O–H groups in total. The fourth-order valence-electron chi connectivity index (χ4n) is 5.09. The van der Waals surface area contributed by atoms with Gasteiger partial charge in [0, 0.05) is 48.2 Å². The molecular formula is C31H35N3O3S. The summed E-state index contributed by atoms with van der Waals surface area (Å²) in [4.78, 5) is 19.0. The first-order valence-corrected chi connectivity index (χ1v) is 14.2. The van der Waals surface area contributed by atoms with E-state index in [4.69, 9.17) is 9.15 Å². The zero-order valence-corrected chi connectivity index (χ0v) is 22.6. The van der Waals surface area contributed by atoms with Crippen LogP contribution in [0.2, 0.25) is 0 Å². The molecule has 1 amide bonds. The number of thiophene rings is 1. The van der Waals surface area contributed by atoms with E-state index in [2.05, 4.69) is 45.9 Å². The highest BCUT2D eigenvalue weighted by Crippen LogP contribution is 2.32. The molecule has 1 aliphatic heterocycles. The van der Waals surface area contributed by atoms with Crippen LogP contribution < -0.4 is 15.0 Å². The van der Waals surface area contributed by atoms with Gasteiger partial charge < -0.3 is 19.4 Å². The first kappa shape index (κ1) is 26.2. The monoisotopic (exact) mass is 529 g/mol. The zero-order chi connectivity index (χ0) is 26.2. The Morgan fingerprint density at radius 2 is 1.84 bits per heavy atom. The molecule has 6 nitrogen and oxygen atoms in total. The number of amides is 1. The molecule has 1 fully saturated rings. The minimum atomic E-state index is -0.0837. The van der Waals surface area contributed by atoms with Gasteiger partial charge in [0.2, 0.25) is 0 Å². The highest BCUT2D eigenvalue weighted by atomic mass is 32.1. The van der Waals surface area contributed by atoms with E-state index < -0.39 is 0 Å². The number of furan rings is 1. The van der Waals surface area contributed by atoms with Crippen LogP contribution >= 0.6 is 11.3 Å². The van der Waals surface area contributed by atoms with Gasteiger partial charge in [0.25, 0.3) is 5.91 Å². The Hall–Kier alpha value is -3.39. The average Bonchev–Trinajstić information content (AvgIpc) is 3.69. The van der Waals surface area contributed by atoms with Gasteiger partial charge in [-0.1, -0.05) is 42.5 Å². The lowest BCUT2D eigenvalue weighted by Crippen LogP contribution is -2.47. The molecule has 38 heavy (non-hydrogen) atoms. The van der Waals surface area contributed by atoms with E-state index in [-0.39, 0.29) is 18.1 Å². The SMILES string of the molecule is CNCCC(Oc1ccccc1CN1CCC(N(C(=O)c2ccco2)c2ccccc2)CC1)c1cccs1. The Kier molecular flexibility index (Phi) is 8.91. The fraction of sp³-hybridized carbons (Fsp3) is 0.323. The van der Waals surface area contributed by atoms with Crippen molar-refractivity contribution in [2.75, 3.05) is 31.6 Å². The molecule has 1 atom stereocenters. The van der Waals surface area contributed by atoms with Crippen molar-refractivity contribution in [3.63, 3.8) is 0 Å². The number of hydrogen-bond acceptors (Lipinski definition) is 6. The van der Waals surface area contributed by atoms with E-state index in [1.807, 2.05) is 48.3 Å². The molecule has 198 valence electrons. The lowest BCUT2D eigenvalue weighted by molar-refractivity contribution is 0.0931. The number of carbonyl (C=O) groups excluding carboxylic acids is 1. The van der Waals surface area contributed by atoms with Gasteiger partial charge in [-0.2, -0.15) is 0 Å². The molecule has 2 aromatic carbocycles. The molecule has 0 saturated carbocycles. The van der Waals surface area contributed by atoms with Crippen molar-refractivity contribution >= 4 is 22.9 Å². The minimum Gasteiger partial charge on any atom is -0.485 e. The number of anilines is 1. The average molecular weight is 530 g/mol.